The van der Waals surface area contributed by atoms with Crippen molar-refractivity contribution in [3.63, 3.8) is 0 Å². The summed E-state index contributed by atoms with van der Waals surface area (Å²) in [5.41, 5.74) is 0. The molecule has 1 fully saturated rings. The molecule has 7 heavy (non-hydrogen) atoms. The predicted octanol–water partition coefficient (Wildman–Crippen LogP) is 1.43. The number of halogens is 2. The average Bonchev–Trinajstić information content (AvgIpc) is 1.91. The Morgan fingerprint density at radius 1 is 1.57 bits per heavy atom. The Hall–Kier alpha value is -0.180. The highest BCUT2D eigenvalue weighted by atomic mass is 19.2. The van der Waals surface area contributed by atoms with Crippen LogP contribution in [0.1, 0.15) is 12.8 Å². The van der Waals surface area contributed by atoms with E-state index in [4.69, 9.17) is 0 Å². The highest BCUT2D eigenvalue weighted by Crippen LogP contribution is 2.24. The predicted molar refractivity (Wildman–Crippen MR) is 21.4 cm³/mol. The molecule has 0 saturated carbocycles. The minimum atomic E-state index is -0.625. The minimum Gasteiger partial charge on any atom is -0.219 e. The second kappa shape index (κ2) is 1.74. The van der Waals surface area contributed by atoms with Crippen molar-refractivity contribution in [2.45, 2.75) is 12.8 Å². The molecule has 1 aliphatic rings. The fraction of sp³-hybridized carbons (Fsp3) is 0.750. The summed E-state index contributed by atoms with van der Waals surface area (Å²) in [4.78, 5) is 0. The van der Waals surface area contributed by atoms with Gasteiger partial charge in [-0.2, -0.15) is 0 Å². The summed E-state index contributed by atoms with van der Waals surface area (Å²) in [6.45, 7) is 0.228. The molecular formula is C4H6F2N. The molecule has 0 amide bonds. The standard InChI is InChI=1S/C4H6F2N/c5-4-2-1-3-7(4)6/h1-3H2. The van der Waals surface area contributed by atoms with Gasteiger partial charge < -0.3 is 0 Å². The molecule has 1 aliphatic heterocycles. The van der Waals surface area contributed by atoms with Gasteiger partial charge >= 0.3 is 0 Å². The summed E-state index contributed by atoms with van der Waals surface area (Å²) in [7, 11) is 0. The lowest BCUT2D eigenvalue weighted by molar-refractivity contribution is 0.0181. The number of rotatable bonds is 0. The lowest BCUT2D eigenvalue weighted by Crippen LogP contribution is -2.06. The van der Waals surface area contributed by atoms with Crippen molar-refractivity contribution in [1.29, 1.82) is 0 Å². The van der Waals surface area contributed by atoms with Crippen LogP contribution in [0.15, 0.2) is 0 Å². The molecule has 0 N–H and O–H groups in total. The number of nitrogens with zero attached hydrogens (tertiary/aromatic N) is 1. The lowest BCUT2D eigenvalue weighted by Gasteiger charge is -1.99. The Bertz CT molecular complexity index is 58.7. The Labute approximate surface area is 40.9 Å². The van der Waals surface area contributed by atoms with Crippen molar-refractivity contribution in [3.8, 4) is 0 Å². The van der Waals surface area contributed by atoms with Gasteiger partial charge in [0.05, 0.1) is 0 Å². The van der Waals surface area contributed by atoms with Crippen molar-refractivity contribution < 1.29 is 8.87 Å². The van der Waals surface area contributed by atoms with Crippen LogP contribution in [-0.4, -0.2) is 11.7 Å². The summed E-state index contributed by atoms with van der Waals surface area (Å²) in [5.74, 6) is 0. The first-order valence-corrected chi connectivity index (χ1v) is 2.25. The van der Waals surface area contributed by atoms with Gasteiger partial charge in [0, 0.05) is 13.0 Å². The van der Waals surface area contributed by atoms with Crippen molar-refractivity contribution in [3.05, 3.63) is 6.30 Å². The second-order valence-corrected chi connectivity index (χ2v) is 1.57. The van der Waals surface area contributed by atoms with Crippen LogP contribution in [0.3, 0.4) is 0 Å². The molecule has 0 aliphatic carbocycles. The zero-order chi connectivity index (χ0) is 5.28. The largest absolute Gasteiger partial charge is 0.239 e. The van der Waals surface area contributed by atoms with Gasteiger partial charge in [0.2, 0.25) is 6.30 Å². The van der Waals surface area contributed by atoms with Crippen molar-refractivity contribution >= 4 is 0 Å². The molecule has 1 radical (unpaired) electrons. The van der Waals surface area contributed by atoms with E-state index in [9.17, 15) is 8.87 Å². The zero-order valence-electron chi connectivity index (χ0n) is 3.82. The lowest BCUT2D eigenvalue weighted by atomic mass is 10.4. The van der Waals surface area contributed by atoms with Gasteiger partial charge in [0.1, 0.15) is 0 Å². The van der Waals surface area contributed by atoms with Crippen LogP contribution < -0.4 is 0 Å². The first-order valence-electron chi connectivity index (χ1n) is 2.25. The van der Waals surface area contributed by atoms with Gasteiger partial charge in [-0.3, -0.25) is 0 Å². The Morgan fingerprint density at radius 2 is 2.29 bits per heavy atom. The Kier molecular flexibility index (Phi) is 1.23. The molecule has 0 spiro atoms. The monoisotopic (exact) mass is 106 g/mol. The van der Waals surface area contributed by atoms with E-state index in [1.54, 1.807) is 0 Å². The fourth-order valence-electron chi connectivity index (χ4n) is 0.606. The average molecular weight is 106 g/mol. The normalized spacial score (nSPS) is 26.6. The van der Waals surface area contributed by atoms with Crippen LogP contribution in [0.5, 0.6) is 0 Å². The van der Waals surface area contributed by atoms with E-state index in [0.717, 1.165) is 0 Å². The molecule has 3 heteroatoms. The van der Waals surface area contributed by atoms with Gasteiger partial charge in [-0.25, -0.2) is 4.39 Å². The van der Waals surface area contributed by atoms with Gasteiger partial charge in [-0.05, 0) is 6.42 Å². The van der Waals surface area contributed by atoms with E-state index < -0.39 is 6.30 Å². The van der Waals surface area contributed by atoms with E-state index in [0.29, 0.717) is 6.42 Å². The molecule has 1 saturated heterocycles. The van der Waals surface area contributed by atoms with Crippen molar-refractivity contribution in [2.75, 3.05) is 6.54 Å². The molecule has 0 aromatic rings. The third-order valence-electron chi connectivity index (χ3n) is 1.00. The molecule has 1 nitrogen and oxygen atoms in total. The van der Waals surface area contributed by atoms with Gasteiger partial charge in [0.15, 0.2) is 0 Å². The van der Waals surface area contributed by atoms with Crippen molar-refractivity contribution in [1.82, 2.24) is 5.12 Å². The van der Waals surface area contributed by atoms with Gasteiger partial charge in [-0.15, -0.1) is 9.60 Å². The van der Waals surface area contributed by atoms with Gasteiger partial charge in [-0.1, -0.05) is 0 Å². The molecule has 1 heterocycles. The third kappa shape index (κ3) is 0.881. The molecule has 1 rings (SSSR count). The van der Waals surface area contributed by atoms with E-state index in [2.05, 4.69) is 0 Å². The molecule has 0 atom stereocenters. The van der Waals surface area contributed by atoms with Crippen LogP contribution in [0, 0.1) is 6.30 Å². The minimum absolute atomic E-state index is 0.153. The molecule has 41 valence electrons. The maximum absolute atomic E-state index is 11.8. The number of hydrogen-bond donors (Lipinski definition) is 0. The maximum atomic E-state index is 11.8. The fourth-order valence-corrected chi connectivity index (χ4v) is 0.606. The molecule has 0 unspecified atom stereocenters. The third-order valence-corrected chi connectivity index (χ3v) is 1.00. The topological polar surface area (TPSA) is 3.24 Å². The van der Waals surface area contributed by atoms with Crippen LogP contribution >= 0.6 is 0 Å². The van der Waals surface area contributed by atoms with Gasteiger partial charge in [0.25, 0.3) is 0 Å². The van der Waals surface area contributed by atoms with E-state index in [1.165, 1.54) is 0 Å². The Morgan fingerprint density at radius 3 is 2.43 bits per heavy atom. The van der Waals surface area contributed by atoms with Crippen molar-refractivity contribution in [2.24, 2.45) is 0 Å². The summed E-state index contributed by atoms with van der Waals surface area (Å²) >= 11 is 0. The van der Waals surface area contributed by atoms with E-state index in [-0.39, 0.29) is 18.1 Å². The van der Waals surface area contributed by atoms with Crippen LogP contribution in [0.2, 0.25) is 0 Å². The molecule has 0 bridgehead atoms. The number of hydrogen-bond acceptors (Lipinski definition) is 1. The molecule has 0 aromatic heterocycles. The van der Waals surface area contributed by atoms with Crippen LogP contribution in [0.25, 0.3) is 0 Å². The summed E-state index contributed by atoms with van der Waals surface area (Å²) < 4.78 is 23.5. The maximum Gasteiger partial charge on any atom is 0.239 e. The molecule has 0 aromatic carbocycles. The molecular weight excluding hydrogens is 100 g/mol. The second-order valence-electron chi connectivity index (χ2n) is 1.57. The highest BCUT2D eigenvalue weighted by Gasteiger charge is 2.24. The summed E-state index contributed by atoms with van der Waals surface area (Å²) in [6, 6.07) is 0. The first kappa shape index (κ1) is 4.97. The van der Waals surface area contributed by atoms with Crippen LogP contribution in [-0.2, 0) is 0 Å². The highest BCUT2D eigenvalue weighted by molar-refractivity contribution is 4.78. The Balaban J connectivity index is 2.33. The first-order chi connectivity index (χ1) is 3.30. The van der Waals surface area contributed by atoms with E-state index >= 15 is 0 Å². The smallest absolute Gasteiger partial charge is 0.219 e. The quantitative estimate of drug-likeness (QED) is 0.333. The summed E-state index contributed by atoms with van der Waals surface area (Å²) in [5, 5.41) is 0.153. The zero-order valence-corrected chi connectivity index (χ0v) is 3.82. The summed E-state index contributed by atoms with van der Waals surface area (Å²) in [6.07, 6.45) is 0.263. The van der Waals surface area contributed by atoms with Crippen LogP contribution in [0.4, 0.5) is 8.87 Å². The van der Waals surface area contributed by atoms with E-state index in [1.807, 2.05) is 0 Å². The SMILES string of the molecule is F[C]1CCCN1F.